The number of aromatic nitrogens is 2. The van der Waals surface area contributed by atoms with Crippen LogP contribution in [0.4, 0.5) is 0 Å². The molecule has 0 radical (unpaired) electrons. The first-order chi connectivity index (χ1) is 18.5. The number of fused-ring (bicyclic) bond motifs is 1. The van der Waals surface area contributed by atoms with Crippen LogP contribution in [0.5, 0.6) is 5.75 Å². The number of aliphatic hydroxyl groups excluding tert-OH is 1. The van der Waals surface area contributed by atoms with E-state index in [9.17, 15) is 14.7 Å². The molecule has 38 heavy (non-hydrogen) atoms. The molecule has 1 amide bonds. The Morgan fingerprint density at radius 1 is 1.03 bits per heavy atom. The molecular formula is C30H31N3O5. The van der Waals surface area contributed by atoms with Crippen molar-refractivity contribution in [2.75, 3.05) is 13.7 Å². The van der Waals surface area contributed by atoms with E-state index in [4.69, 9.17) is 14.8 Å². The molecule has 1 unspecified atom stereocenters. The highest BCUT2D eigenvalue weighted by molar-refractivity contribution is 5.99. The Morgan fingerprint density at radius 2 is 1.79 bits per heavy atom. The van der Waals surface area contributed by atoms with E-state index in [-0.39, 0.29) is 5.56 Å². The molecule has 0 saturated heterocycles. The van der Waals surface area contributed by atoms with Crippen LogP contribution in [0, 0.1) is 0 Å². The Kier molecular flexibility index (Phi) is 8.89. The fourth-order valence-corrected chi connectivity index (χ4v) is 4.29. The SMILES string of the molecule is COc1ccccc1/C=C/c1nc2cc(C(=O)NC(CO)C(=O)O)ccc2n1CCCCc1ccccc1. The van der Waals surface area contributed by atoms with Gasteiger partial charge in [-0.1, -0.05) is 48.5 Å². The largest absolute Gasteiger partial charge is 0.496 e. The Balaban J connectivity index is 1.61. The molecule has 3 aromatic carbocycles. The summed E-state index contributed by atoms with van der Waals surface area (Å²) >= 11 is 0. The minimum Gasteiger partial charge on any atom is -0.496 e. The van der Waals surface area contributed by atoms with Gasteiger partial charge in [-0.05, 0) is 61.2 Å². The lowest BCUT2D eigenvalue weighted by Crippen LogP contribution is -2.43. The Labute approximate surface area is 221 Å². The van der Waals surface area contributed by atoms with Crippen molar-refractivity contribution in [1.82, 2.24) is 14.9 Å². The van der Waals surface area contributed by atoms with Crippen molar-refractivity contribution in [3.05, 3.63) is 95.3 Å². The Bertz CT molecular complexity index is 1430. The minimum atomic E-state index is -1.38. The van der Waals surface area contributed by atoms with E-state index >= 15 is 0 Å². The second-order valence-corrected chi connectivity index (χ2v) is 8.89. The summed E-state index contributed by atoms with van der Waals surface area (Å²) < 4.78 is 7.59. The van der Waals surface area contributed by atoms with Gasteiger partial charge in [0.15, 0.2) is 6.04 Å². The number of nitrogens with one attached hydrogen (secondary N) is 1. The number of carboxylic acids is 1. The smallest absolute Gasteiger partial charge is 0.328 e. The van der Waals surface area contributed by atoms with Gasteiger partial charge in [0.1, 0.15) is 11.6 Å². The molecule has 0 saturated carbocycles. The van der Waals surface area contributed by atoms with Crippen molar-refractivity contribution >= 4 is 35.1 Å². The second kappa shape index (κ2) is 12.7. The number of carbonyl (C=O) groups excluding carboxylic acids is 1. The molecule has 4 rings (SSSR count). The summed E-state index contributed by atoms with van der Waals surface area (Å²) in [5.74, 6) is -0.394. The third kappa shape index (κ3) is 6.46. The van der Waals surface area contributed by atoms with Crippen LogP contribution in [-0.2, 0) is 17.8 Å². The van der Waals surface area contributed by atoms with Gasteiger partial charge in [0.25, 0.3) is 5.91 Å². The normalized spacial score (nSPS) is 12.1. The van der Waals surface area contributed by atoms with Gasteiger partial charge >= 0.3 is 5.97 Å². The number of rotatable bonds is 12. The van der Waals surface area contributed by atoms with Gasteiger partial charge < -0.3 is 24.8 Å². The third-order valence-electron chi connectivity index (χ3n) is 6.32. The minimum absolute atomic E-state index is 0.270. The molecule has 0 bridgehead atoms. The molecule has 0 aliphatic heterocycles. The molecule has 1 aromatic heterocycles. The van der Waals surface area contributed by atoms with Crippen LogP contribution in [0.3, 0.4) is 0 Å². The van der Waals surface area contributed by atoms with Gasteiger partial charge in [0, 0.05) is 17.7 Å². The molecule has 8 nitrogen and oxygen atoms in total. The maximum absolute atomic E-state index is 12.6. The van der Waals surface area contributed by atoms with Crippen molar-refractivity contribution in [3.63, 3.8) is 0 Å². The number of hydrogen-bond donors (Lipinski definition) is 3. The summed E-state index contributed by atoms with van der Waals surface area (Å²) in [5, 5.41) is 20.7. The molecule has 1 atom stereocenters. The van der Waals surface area contributed by atoms with Crippen molar-refractivity contribution in [2.24, 2.45) is 0 Å². The van der Waals surface area contributed by atoms with Crippen molar-refractivity contribution in [3.8, 4) is 5.75 Å². The Hall–Kier alpha value is -4.43. The molecule has 8 heteroatoms. The molecule has 0 spiro atoms. The zero-order valence-corrected chi connectivity index (χ0v) is 21.2. The van der Waals surface area contributed by atoms with Crippen LogP contribution in [0.25, 0.3) is 23.2 Å². The summed E-state index contributed by atoms with van der Waals surface area (Å²) in [6.45, 7) is 0.0465. The van der Waals surface area contributed by atoms with Crippen LogP contribution < -0.4 is 10.1 Å². The maximum atomic E-state index is 12.6. The topological polar surface area (TPSA) is 114 Å². The van der Waals surface area contributed by atoms with Gasteiger partial charge in [-0.3, -0.25) is 4.79 Å². The van der Waals surface area contributed by atoms with Gasteiger partial charge in [-0.2, -0.15) is 0 Å². The van der Waals surface area contributed by atoms with Crippen LogP contribution in [-0.4, -0.2) is 51.4 Å². The highest BCUT2D eigenvalue weighted by atomic mass is 16.5. The van der Waals surface area contributed by atoms with Crippen molar-refractivity contribution in [2.45, 2.75) is 31.8 Å². The van der Waals surface area contributed by atoms with Crippen molar-refractivity contribution < 1.29 is 24.5 Å². The van der Waals surface area contributed by atoms with Gasteiger partial charge in [-0.15, -0.1) is 0 Å². The first kappa shape index (κ1) is 26.6. The summed E-state index contributed by atoms with van der Waals surface area (Å²) in [5.41, 5.74) is 3.99. The molecule has 3 N–H and O–H groups in total. The first-order valence-electron chi connectivity index (χ1n) is 12.5. The number of imidazole rings is 1. The monoisotopic (exact) mass is 513 g/mol. The maximum Gasteiger partial charge on any atom is 0.328 e. The van der Waals surface area contributed by atoms with E-state index in [1.54, 1.807) is 19.2 Å². The number of amides is 1. The van der Waals surface area contributed by atoms with Crippen LogP contribution in [0.15, 0.2) is 72.8 Å². The summed E-state index contributed by atoms with van der Waals surface area (Å²) in [7, 11) is 1.63. The lowest BCUT2D eigenvalue weighted by molar-refractivity contribution is -0.140. The lowest BCUT2D eigenvalue weighted by Gasteiger charge is -2.11. The fraction of sp³-hybridized carbons (Fsp3) is 0.233. The predicted octanol–water partition coefficient (Wildman–Crippen LogP) is 4.41. The number of unbranched alkanes of at least 4 members (excludes halogenated alkanes) is 1. The first-order valence-corrected chi connectivity index (χ1v) is 12.5. The molecular weight excluding hydrogens is 482 g/mol. The highest BCUT2D eigenvalue weighted by Gasteiger charge is 2.20. The van der Waals surface area contributed by atoms with Gasteiger partial charge in [0.2, 0.25) is 0 Å². The predicted molar refractivity (Wildman–Crippen MR) is 147 cm³/mol. The number of nitrogens with zero attached hydrogens (tertiary/aromatic N) is 2. The van der Waals surface area contributed by atoms with Crippen LogP contribution in [0.2, 0.25) is 0 Å². The van der Waals surface area contributed by atoms with Crippen LogP contribution in [0.1, 0.15) is 40.2 Å². The van der Waals surface area contributed by atoms with E-state index in [2.05, 4.69) is 22.0 Å². The number of para-hydroxylation sites is 1. The van der Waals surface area contributed by atoms with E-state index < -0.39 is 24.5 Å². The summed E-state index contributed by atoms with van der Waals surface area (Å²) in [6, 6.07) is 21.8. The van der Waals surface area contributed by atoms with Crippen LogP contribution >= 0.6 is 0 Å². The average Bonchev–Trinajstić information content (AvgIpc) is 3.29. The van der Waals surface area contributed by atoms with Gasteiger partial charge in [-0.25, -0.2) is 9.78 Å². The highest BCUT2D eigenvalue weighted by Crippen LogP contribution is 2.24. The van der Waals surface area contributed by atoms with Gasteiger partial charge in [0.05, 0.1) is 24.8 Å². The molecule has 4 aromatic rings. The lowest BCUT2D eigenvalue weighted by atomic mass is 10.1. The van der Waals surface area contributed by atoms with E-state index in [0.29, 0.717) is 5.52 Å². The number of benzene rings is 3. The molecule has 0 aliphatic carbocycles. The number of methoxy groups -OCH3 is 1. The molecule has 0 fully saturated rings. The van der Waals surface area contributed by atoms with Crippen molar-refractivity contribution in [1.29, 1.82) is 0 Å². The zero-order valence-electron chi connectivity index (χ0n) is 21.2. The number of ether oxygens (including phenoxy) is 1. The summed E-state index contributed by atoms with van der Waals surface area (Å²) in [4.78, 5) is 28.6. The number of carbonyl (C=O) groups is 2. The van der Waals surface area contributed by atoms with E-state index in [1.165, 1.54) is 5.56 Å². The second-order valence-electron chi connectivity index (χ2n) is 8.89. The number of aliphatic hydroxyl groups is 1. The van der Waals surface area contributed by atoms with E-state index in [0.717, 1.165) is 48.5 Å². The standard InChI is InChI=1S/C30H31N3O5/c1-38-27-13-6-5-12-22(27)15-17-28-31-24-19-23(29(35)32-25(20-34)30(36)37)14-16-26(24)33(28)18-8-7-11-21-9-3-2-4-10-21/h2-6,9-10,12-17,19,25,34H,7-8,11,18,20H2,1H3,(H,32,35)(H,36,37)/b17-15+. The molecule has 1 heterocycles. The average molecular weight is 514 g/mol. The quantitative estimate of drug-likeness (QED) is 0.242. The van der Waals surface area contributed by atoms with E-state index in [1.807, 2.05) is 60.7 Å². The number of carboxylic acid groups (broad SMARTS) is 1. The fourth-order valence-electron chi connectivity index (χ4n) is 4.29. The third-order valence-corrected chi connectivity index (χ3v) is 6.32. The Morgan fingerprint density at radius 3 is 2.53 bits per heavy atom. The molecule has 0 aliphatic rings. The zero-order chi connectivity index (χ0) is 26.9. The molecule has 196 valence electrons. The number of aryl methyl sites for hydroxylation is 2. The number of aliphatic carboxylic acids is 1. The number of hydrogen-bond acceptors (Lipinski definition) is 5. The summed E-state index contributed by atoms with van der Waals surface area (Å²) in [6.07, 6.45) is 6.82.